The predicted octanol–water partition coefficient (Wildman–Crippen LogP) is 1.03. The Bertz CT molecular complexity index is 612. The Morgan fingerprint density at radius 2 is 2.30 bits per heavy atom. The molecule has 2 aromatic rings. The molecule has 2 heterocycles. The van der Waals surface area contributed by atoms with Crippen LogP contribution >= 0.6 is 0 Å². The molecule has 7 heteroatoms. The van der Waals surface area contributed by atoms with Crippen molar-refractivity contribution in [3.8, 4) is 28.5 Å². The number of aromatic nitrogens is 3. The maximum atomic E-state index is 5.49. The van der Waals surface area contributed by atoms with E-state index in [4.69, 9.17) is 19.9 Å². The standard InChI is InChI=1S/C13H16N4O3/c1-18-11-5-9(6-12-13(11)20-8-19-12)10-7-17(16-15-10)4-2-3-14/h5-7H,2-4,8,14H2,1H3. The third kappa shape index (κ3) is 2.27. The second-order valence-corrected chi connectivity index (χ2v) is 4.42. The topological polar surface area (TPSA) is 84.4 Å². The van der Waals surface area contributed by atoms with Crippen molar-refractivity contribution < 1.29 is 14.2 Å². The fourth-order valence-electron chi connectivity index (χ4n) is 2.07. The Labute approximate surface area is 116 Å². The maximum absolute atomic E-state index is 5.49. The van der Waals surface area contributed by atoms with Crippen LogP contribution < -0.4 is 19.9 Å². The summed E-state index contributed by atoms with van der Waals surface area (Å²) in [6.45, 7) is 1.59. The minimum absolute atomic E-state index is 0.207. The van der Waals surface area contributed by atoms with E-state index >= 15 is 0 Å². The summed E-state index contributed by atoms with van der Waals surface area (Å²) in [6.07, 6.45) is 2.75. The fraction of sp³-hybridized carbons (Fsp3) is 0.385. The van der Waals surface area contributed by atoms with Gasteiger partial charge in [0.15, 0.2) is 11.5 Å². The highest BCUT2D eigenvalue weighted by atomic mass is 16.7. The van der Waals surface area contributed by atoms with E-state index < -0.39 is 0 Å². The van der Waals surface area contributed by atoms with Gasteiger partial charge in [-0.1, -0.05) is 5.21 Å². The molecule has 0 saturated heterocycles. The lowest BCUT2D eigenvalue weighted by Crippen LogP contribution is -2.06. The minimum Gasteiger partial charge on any atom is -0.493 e. The third-order valence-corrected chi connectivity index (χ3v) is 3.08. The van der Waals surface area contributed by atoms with Crippen LogP contribution in [0.2, 0.25) is 0 Å². The van der Waals surface area contributed by atoms with Gasteiger partial charge >= 0.3 is 0 Å². The molecule has 0 saturated carbocycles. The Balaban J connectivity index is 1.92. The quantitative estimate of drug-likeness (QED) is 0.878. The summed E-state index contributed by atoms with van der Waals surface area (Å²) in [5.74, 6) is 1.93. The predicted molar refractivity (Wildman–Crippen MR) is 71.8 cm³/mol. The SMILES string of the molecule is COc1cc(-c2cn(CCCN)nn2)cc2c1OCO2. The molecule has 0 aliphatic carbocycles. The van der Waals surface area contributed by atoms with Crippen molar-refractivity contribution in [2.45, 2.75) is 13.0 Å². The van der Waals surface area contributed by atoms with E-state index in [1.54, 1.807) is 11.8 Å². The Kier molecular flexibility index (Phi) is 3.42. The Hall–Kier alpha value is -2.28. The molecule has 0 spiro atoms. The lowest BCUT2D eigenvalue weighted by Gasteiger charge is -2.06. The number of methoxy groups -OCH3 is 1. The van der Waals surface area contributed by atoms with Crippen LogP contribution in [0.3, 0.4) is 0 Å². The van der Waals surface area contributed by atoms with Crippen molar-refractivity contribution in [3.63, 3.8) is 0 Å². The van der Waals surface area contributed by atoms with Gasteiger partial charge in [0, 0.05) is 12.1 Å². The summed E-state index contributed by atoms with van der Waals surface area (Å²) in [5.41, 5.74) is 7.13. The summed E-state index contributed by atoms with van der Waals surface area (Å²) in [5, 5.41) is 8.24. The molecule has 3 rings (SSSR count). The first kappa shape index (κ1) is 12.7. The number of fused-ring (bicyclic) bond motifs is 1. The third-order valence-electron chi connectivity index (χ3n) is 3.08. The molecule has 0 unspecified atom stereocenters. The van der Waals surface area contributed by atoms with Gasteiger partial charge in [-0.2, -0.15) is 0 Å². The molecule has 7 nitrogen and oxygen atoms in total. The molecule has 1 aliphatic rings. The van der Waals surface area contributed by atoms with Crippen molar-refractivity contribution in [3.05, 3.63) is 18.3 Å². The molecule has 1 aromatic carbocycles. The Morgan fingerprint density at radius 3 is 3.10 bits per heavy atom. The van der Waals surface area contributed by atoms with Gasteiger partial charge in [0.1, 0.15) is 5.69 Å². The summed E-state index contributed by atoms with van der Waals surface area (Å²) in [7, 11) is 1.60. The molecular weight excluding hydrogens is 260 g/mol. The van der Waals surface area contributed by atoms with Gasteiger partial charge < -0.3 is 19.9 Å². The molecule has 20 heavy (non-hydrogen) atoms. The van der Waals surface area contributed by atoms with Crippen molar-refractivity contribution in [1.29, 1.82) is 0 Å². The number of hydrogen-bond acceptors (Lipinski definition) is 6. The minimum atomic E-state index is 0.207. The highest BCUT2D eigenvalue weighted by Gasteiger charge is 2.21. The fourth-order valence-corrected chi connectivity index (χ4v) is 2.07. The van der Waals surface area contributed by atoms with E-state index in [1.807, 2.05) is 18.3 Å². The lowest BCUT2D eigenvalue weighted by atomic mass is 10.1. The monoisotopic (exact) mass is 276 g/mol. The number of nitrogens with zero attached hydrogens (tertiary/aromatic N) is 3. The largest absolute Gasteiger partial charge is 0.493 e. The lowest BCUT2D eigenvalue weighted by molar-refractivity contribution is 0.171. The van der Waals surface area contributed by atoms with Gasteiger partial charge in [0.2, 0.25) is 12.5 Å². The van der Waals surface area contributed by atoms with E-state index in [9.17, 15) is 0 Å². The van der Waals surface area contributed by atoms with Crippen LogP contribution in [-0.2, 0) is 6.54 Å². The van der Waals surface area contributed by atoms with Gasteiger partial charge in [-0.25, -0.2) is 0 Å². The summed E-state index contributed by atoms with van der Waals surface area (Å²) < 4.78 is 17.9. The number of hydrogen-bond donors (Lipinski definition) is 1. The van der Waals surface area contributed by atoms with Crippen molar-refractivity contribution in [2.24, 2.45) is 5.73 Å². The highest BCUT2D eigenvalue weighted by Crippen LogP contribution is 2.43. The van der Waals surface area contributed by atoms with E-state index in [1.165, 1.54) is 0 Å². The van der Waals surface area contributed by atoms with Gasteiger partial charge in [-0.15, -0.1) is 5.10 Å². The van der Waals surface area contributed by atoms with Crippen LogP contribution in [0.25, 0.3) is 11.3 Å². The molecule has 2 N–H and O–H groups in total. The zero-order valence-corrected chi connectivity index (χ0v) is 11.2. The van der Waals surface area contributed by atoms with Crippen LogP contribution in [0.5, 0.6) is 17.2 Å². The van der Waals surface area contributed by atoms with Gasteiger partial charge in [0.25, 0.3) is 0 Å². The molecule has 0 fully saturated rings. The molecule has 1 aromatic heterocycles. The van der Waals surface area contributed by atoms with Gasteiger partial charge in [-0.3, -0.25) is 4.68 Å². The van der Waals surface area contributed by atoms with E-state index in [0.29, 0.717) is 23.8 Å². The average molecular weight is 276 g/mol. The second kappa shape index (κ2) is 5.38. The Morgan fingerprint density at radius 1 is 1.40 bits per heavy atom. The van der Waals surface area contributed by atoms with Gasteiger partial charge in [0.05, 0.1) is 13.3 Å². The van der Waals surface area contributed by atoms with Crippen LogP contribution in [0.1, 0.15) is 6.42 Å². The smallest absolute Gasteiger partial charge is 0.231 e. The molecular formula is C13H16N4O3. The van der Waals surface area contributed by atoms with Crippen molar-refractivity contribution in [2.75, 3.05) is 20.4 Å². The first-order valence-electron chi connectivity index (χ1n) is 6.40. The van der Waals surface area contributed by atoms with E-state index in [0.717, 1.165) is 24.2 Å². The van der Waals surface area contributed by atoms with Crippen LogP contribution in [0.4, 0.5) is 0 Å². The first-order chi connectivity index (χ1) is 9.81. The molecule has 1 aliphatic heterocycles. The number of aryl methyl sites for hydroxylation is 1. The average Bonchev–Trinajstić information content (AvgIpc) is 3.12. The molecule has 0 amide bonds. The number of ether oxygens (including phenoxy) is 3. The normalized spacial score (nSPS) is 12.7. The van der Waals surface area contributed by atoms with Crippen molar-refractivity contribution in [1.82, 2.24) is 15.0 Å². The molecule has 0 atom stereocenters. The molecule has 0 bridgehead atoms. The summed E-state index contributed by atoms with van der Waals surface area (Å²) in [6, 6.07) is 3.74. The first-order valence-corrected chi connectivity index (χ1v) is 6.40. The van der Waals surface area contributed by atoms with Crippen LogP contribution in [0.15, 0.2) is 18.3 Å². The highest BCUT2D eigenvalue weighted by molar-refractivity contribution is 5.68. The maximum Gasteiger partial charge on any atom is 0.231 e. The summed E-state index contributed by atoms with van der Waals surface area (Å²) >= 11 is 0. The number of rotatable bonds is 5. The number of benzene rings is 1. The van der Waals surface area contributed by atoms with Gasteiger partial charge in [-0.05, 0) is 25.1 Å². The molecule has 106 valence electrons. The van der Waals surface area contributed by atoms with Crippen LogP contribution in [0, 0.1) is 0 Å². The summed E-state index contributed by atoms with van der Waals surface area (Å²) in [4.78, 5) is 0. The van der Waals surface area contributed by atoms with E-state index in [2.05, 4.69) is 10.3 Å². The molecule has 0 radical (unpaired) electrons. The van der Waals surface area contributed by atoms with Crippen molar-refractivity contribution >= 4 is 0 Å². The zero-order valence-electron chi connectivity index (χ0n) is 11.2. The van der Waals surface area contributed by atoms with Crippen LogP contribution in [-0.4, -0.2) is 35.4 Å². The zero-order chi connectivity index (χ0) is 13.9. The number of nitrogens with two attached hydrogens (primary N) is 1. The second-order valence-electron chi connectivity index (χ2n) is 4.42. The van der Waals surface area contributed by atoms with E-state index in [-0.39, 0.29) is 6.79 Å².